The molecule has 0 bridgehead atoms. The lowest BCUT2D eigenvalue weighted by Gasteiger charge is -2.29. The molecule has 0 spiro atoms. The smallest absolute Gasteiger partial charge is 0.348 e. The van der Waals surface area contributed by atoms with Crippen LogP contribution in [-0.2, 0) is 19.1 Å². The highest BCUT2D eigenvalue weighted by molar-refractivity contribution is 6.18. The number of esters is 2. The molecular formula is C18H15NO8. The molecular weight excluding hydrogens is 358 g/mol. The van der Waals surface area contributed by atoms with Crippen LogP contribution >= 0.6 is 0 Å². The molecule has 0 unspecified atom stereocenters. The summed E-state index contributed by atoms with van der Waals surface area (Å²) in [6, 6.07) is 7.42. The molecule has 0 aliphatic carbocycles. The molecule has 0 saturated carbocycles. The molecule has 3 rings (SSSR count). The number of hydrogen-bond donors (Lipinski definition) is 0. The first-order valence-corrected chi connectivity index (χ1v) is 7.81. The van der Waals surface area contributed by atoms with Crippen molar-refractivity contribution >= 4 is 23.7 Å². The molecule has 0 radical (unpaired) electrons. The SMILES string of the molecule is COc1ccc(-c2ccc(C=C3C(=O)OC(C)(C)OC3=O)o2)cc1[N+](=O)[O-]. The molecule has 140 valence electrons. The molecule has 1 aliphatic heterocycles. The lowest BCUT2D eigenvalue weighted by molar-refractivity contribution is -0.385. The first kappa shape index (κ1) is 18.2. The van der Waals surface area contributed by atoms with E-state index in [0.29, 0.717) is 11.3 Å². The fourth-order valence-corrected chi connectivity index (χ4v) is 2.49. The average molecular weight is 373 g/mol. The highest BCUT2D eigenvalue weighted by Gasteiger charge is 2.39. The minimum Gasteiger partial charge on any atom is -0.490 e. The van der Waals surface area contributed by atoms with Gasteiger partial charge in [0.25, 0.3) is 5.79 Å². The van der Waals surface area contributed by atoms with Crippen LogP contribution in [-0.4, -0.2) is 29.8 Å². The lowest BCUT2D eigenvalue weighted by Crippen LogP contribution is -2.41. The Balaban J connectivity index is 1.92. The average Bonchev–Trinajstić information content (AvgIpc) is 3.05. The van der Waals surface area contributed by atoms with E-state index in [2.05, 4.69) is 0 Å². The Morgan fingerprint density at radius 3 is 2.37 bits per heavy atom. The second kappa shape index (κ2) is 6.60. The van der Waals surface area contributed by atoms with E-state index in [0.717, 1.165) is 0 Å². The number of nitro groups is 1. The van der Waals surface area contributed by atoms with Gasteiger partial charge in [-0.3, -0.25) is 10.1 Å². The van der Waals surface area contributed by atoms with Crippen LogP contribution in [0.4, 0.5) is 5.69 Å². The Bertz CT molecular complexity index is 947. The first-order chi connectivity index (χ1) is 12.7. The molecule has 9 nitrogen and oxygen atoms in total. The summed E-state index contributed by atoms with van der Waals surface area (Å²) in [7, 11) is 1.34. The van der Waals surface area contributed by atoms with E-state index >= 15 is 0 Å². The van der Waals surface area contributed by atoms with Gasteiger partial charge in [-0.15, -0.1) is 0 Å². The summed E-state index contributed by atoms with van der Waals surface area (Å²) < 4.78 is 20.5. The highest BCUT2D eigenvalue weighted by Crippen LogP contribution is 2.33. The van der Waals surface area contributed by atoms with Gasteiger partial charge in [0.05, 0.1) is 12.0 Å². The zero-order valence-corrected chi connectivity index (χ0v) is 14.7. The van der Waals surface area contributed by atoms with Crippen LogP contribution < -0.4 is 4.74 Å². The summed E-state index contributed by atoms with van der Waals surface area (Å²) in [5.74, 6) is -2.36. The van der Waals surface area contributed by atoms with Crippen molar-refractivity contribution in [3.63, 3.8) is 0 Å². The van der Waals surface area contributed by atoms with Gasteiger partial charge in [-0.25, -0.2) is 9.59 Å². The van der Waals surface area contributed by atoms with E-state index in [4.69, 9.17) is 18.6 Å². The monoisotopic (exact) mass is 373 g/mol. The first-order valence-electron chi connectivity index (χ1n) is 7.81. The molecule has 1 fully saturated rings. The van der Waals surface area contributed by atoms with E-state index in [-0.39, 0.29) is 22.8 Å². The summed E-state index contributed by atoms with van der Waals surface area (Å²) in [4.78, 5) is 34.5. The number of nitrogens with zero attached hydrogens (tertiary/aromatic N) is 1. The van der Waals surface area contributed by atoms with Gasteiger partial charge >= 0.3 is 17.6 Å². The minimum atomic E-state index is -1.33. The molecule has 1 aromatic carbocycles. The molecule has 0 atom stereocenters. The number of benzene rings is 1. The Labute approximate surface area is 153 Å². The van der Waals surface area contributed by atoms with Gasteiger partial charge in [0, 0.05) is 31.6 Å². The van der Waals surface area contributed by atoms with Crippen LogP contribution in [0.5, 0.6) is 5.75 Å². The van der Waals surface area contributed by atoms with Gasteiger partial charge < -0.3 is 18.6 Å². The number of nitro benzene ring substituents is 1. The van der Waals surface area contributed by atoms with Crippen molar-refractivity contribution in [3.05, 3.63) is 51.8 Å². The Hall–Kier alpha value is -3.62. The van der Waals surface area contributed by atoms with Gasteiger partial charge in [0.15, 0.2) is 5.75 Å². The van der Waals surface area contributed by atoms with Crippen LogP contribution in [0, 0.1) is 10.1 Å². The summed E-state index contributed by atoms with van der Waals surface area (Å²) in [5, 5.41) is 11.1. The van der Waals surface area contributed by atoms with Crippen LogP contribution in [0.15, 0.2) is 40.3 Å². The van der Waals surface area contributed by atoms with Crippen molar-refractivity contribution in [2.24, 2.45) is 0 Å². The van der Waals surface area contributed by atoms with Crippen molar-refractivity contribution in [2.45, 2.75) is 19.6 Å². The van der Waals surface area contributed by atoms with Crippen molar-refractivity contribution in [1.82, 2.24) is 0 Å². The molecule has 0 amide bonds. The number of cyclic esters (lactones) is 2. The molecule has 2 heterocycles. The number of ether oxygens (including phenoxy) is 3. The predicted octanol–water partition coefficient (Wildman–Crippen LogP) is 3.08. The maximum Gasteiger partial charge on any atom is 0.348 e. The highest BCUT2D eigenvalue weighted by atomic mass is 16.7. The van der Waals surface area contributed by atoms with E-state index in [9.17, 15) is 19.7 Å². The zero-order chi connectivity index (χ0) is 19.8. The van der Waals surface area contributed by atoms with Crippen LogP contribution in [0.1, 0.15) is 19.6 Å². The molecule has 1 saturated heterocycles. The summed E-state index contributed by atoms with van der Waals surface area (Å²) in [6.45, 7) is 2.89. The molecule has 9 heteroatoms. The van der Waals surface area contributed by atoms with Gasteiger partial charge in [0.1, 0.15) is 17.1 Å². The second-order valence-corrected chi connectivity index (χ2v) is 6.08. The van der Waals surface area contributed by atoms with Crippen LogP contribution in [0.25, 0.3) is 17.4 Å². The van der Waals surface area contributed by atoms with Gasteiger partial charge in [-0.1, -0.05) is 0 Å². The van der Waals surface area contributed by atoms with Crippen molar-refractivity contribution < 1.29 is 33.1 Å². The zero-order valence-electron chi connectivity index (χ0n) is 14.7. The molecule has 27 heavy (non-hydrogen) atoms. The Morgan fingerprint density at radius 1 is 1.11 bits per heavy atom. The van der Waals surface area contributed by atoms with Crippen molar-refractivity contribution in [3.8, 4) is 17.1 Å². The number of rotatable bonds is 4. The van der Waals surface area contributed by atoms with Crippen molar-refractivity contribution in [1.29, 1.82) is 0 Å². The third-order valence-corrected chi connectivity index (χ3v) is 3.69. The minimum absolute atomic E-state index is 0.118. The summed E-state index contributed by atoms with van der Waals surface area (Å²) in [6.07, 6.45) is 1.20. The number of hydrogen-bond acceptors (Lipinski definition) is 8. The largest absolute Gasteiger partial charge is 0.490 e. The summed E-state index contributed by atoms with van der Waals surface area (Å²) >= 11 is 0. The number of furan rings is 1. The van der Waals surface area contributed by atoms with Crippen LogP contribution in [0.2, 0.25) is 0 Å². The topological polar surface area (TPSA) is 118 Å². The fourth-order valence-electron chi connectivity index (χ4n) is 2.49. The van der Waals surface area contributed by atoms with Gasteiger partial charge in [0.2, 0.25) is 0 Å². The third-order valence-electron chi connectivity index (χ3n) is 3.69. The Morgan fingerprint density at radius 2 is 1.78 bits per heavy atom. The normalized spacial score (nSPS) is 15.7. The van der Waals surface area contributed by atoms with Gasteiger partial charge in [-0.2, -0.15) is 0 Å². The molecule has 2 aromatic rings. The number of carbonyl (C=O) groups is 2. The number of carbonyl (C=O) groups excluding carboxylic acids is 2. The maximum absolute atomic E-state index is 12.0. The molecule has 1 aromatic heterocycles. The van der Waals surface area contributed by atoms with E-state index in [1.165, 1.54) is 45.2 Å². The maximum atomic E-state index is 12.0. The van der Waals surface area contributed by atoms with Crippen molar-refractivity contribution in [2.75, 3.05) is 7.11 Å². The lowest BCUT2D eigenvalue weighted by atomic mass is 10.1. The van der Waals surface area contributed by atoms with E-state index in [1.807, 2.05) is 0 Å². The van der Waals surface area contributed by atoms with Crippen LogP contribution in [0.3, 0.4) is 0 Å². The van der Waals surface area contributed by atoms with E-state index in [1.54, 1.807) is 12.1 Å². The standard InChI is InChI=1S/C18H15NO8/c1-18(2)26-16(20)12(17(21)27-18)9-11-5-7-14(25-11)10-4-6-15(24-3)13(8-10)19(22)23/h4-9H,1-3H3. The van der Waals surface area contributed by atoms with Gasteiger partial charge in [-0.05, 0) is 24.3 Å². The third kappa shape index (κ3) is 3.66. The summed E-state index contributed by atoms with van der Waals surface area (Å²) in [5.41, 5.74) is -0.0917. The van der Waals surface area contributed by atoms with E-state index < -0.39 is 22.6 Å². The fraction of sp³-hybridized carbons (Fsp3) is 0.222. The number of methoxy groups -OCH3 is 1. The molecule has 0 N–H and O–H groups in total. The second-order valence-electron chi connectivity index (χ2n) is 6.08. The molecule has 1 aliphatic rings. The Kier molecular flexibility index (Phi) is 4.44. The predicted molar refractivity (Wildman–Crippen MR) is 91.6 cm³/mol. The quantitative estimate of drug-likeness (QED) is 0.264.